The molecule has 0 aromatic carbocycles. The number of hydrogen-bond donors (Lipinski definition) is 3. The summed E-state index contributed by atoms with van der Waals surface area (Å²) in [5.74, 6) is 2.56. The highest BCUT2D eigenvalue weighted by atomic mass is 127. The minimum atomic E-state index is -0.552. The lowest BCUT2D eigenvalue weighted by Crippen LogP contribution is -2.49. The van der Waals surface area contributed by atoms with Crippen LogP contribution in [0.4, 0.5) is 5.82 Å². The molecular weight excluding hydrogens is 481 g/mol. The number of aliphatic hydroxyl groups excluding tert-OH is 1. The lowest BCUT2D eigenvalue weighted by molar-refractivity contribution is 0.0368. The maximum Gasteiger partial charge on any atom is 0.191 e. The number of nitrogens with one attached hydrogen (secondary N) is 2. The van der Waals surface area contributed by atoms with Crippen LogP contribution in [0.3, 0.4) is 0 Å². The molecule has 29 heavy (non-hydrogen) atoms. The molecule has 164 valence electrons. The molecule has 7 nitrogen and oxygen atoms in total. The third kappa shape index (κ3) is 8.64. The lowest BCUT2D eigenvalue weighted by atomic mass is 10.1. The smallest absolute Gasteiger partial charge is 0.191 e. The van der Waals surface area contributed by atoms with Crippen molar-refractivity contribution in [3.63, 3.8) is 0 Å². The number of nitrogens with zero attached hydrogens (tertiary/aromatic N) is 3. The van der Waals surface area contributed by atoms with Crippen molar-refractivity contribution < 1.29 is 9.84 Å². The third-order valence-electron chi connectivity index (χ3n) is 5.20. The van der Waals surface area contributed by atoms with Crippen LogP contribution in [0.1, 0.15) is 38.3 Å². The number of guanidine groups is 1. The second-order valence-corrected chi connectivity index (χ2v) is 7.90. The zero-order chi connectivity index (χ0) is 19.8. The molecule has 2 aliphatic rings. The van der Waals surface area contributed by atoms with Crippen LogP contribution in [-0.4, -0.2) is 67.6 Å². The van der Waals surface area contributed by atoms with Crippen LogP contribution >= 0.6 is 24.0 Å². The molecule has 1 aromatic rings. The monoisotopic (exact) mass is 517 g/mol. The Morgan fingerprint density at radius 2 is 2.07 bits per heavy atom. The Balaban J connectivity index is 0.00000300. The molecule has 1 aliphatic carbocycles. The number of ether oxygens (including phenoxy) is 1. The summed E-state index contributed by atoms with van der Waals surface area (Å²) in [7, 11) is 0. The average molecular weight is 517 g/mol. The zero-order valence-corrected chi connectivity index (χ0v) is 20.0. The number of aromatic nitrogens is 1. The normalized spacial score (nSPS) is 18.9. The Hall–Kier alpha value is -1.13. The molecule has 0 radical (unpaired) electrons. The van der Waals surface area contributed by atoms with Gasteiger partial charge in [0.2, 0.25) is 0 Å². The molecule has 1 aliphatic heterocycles. The van der Waals surface area contributed by atoms with Crippen LogP contribution in [0, 0.1) is 12.8 Å². The summed E-state index contributed by atoms with van der Waals surface area (Å²) in [6.07, 6.45) is 4.05. The fraction of sp³-hybridized carbons (Fsp3) is 0.714. The van der Waals surface area contributed by atoms with E-state index in [4.69, 9.17) is 4.74 Å². The van der Waals surface area contributed by atoms with Gasteiger partial charge in [0.25, 0.3) is 0 Å². The number of aliphatic hydroxyl groups is 1. The van der Waals surface area contributed by atoms with Crippen molar-refractivity contribution in [1.82, 2.24) is 15.6 Å². The summed E-state index contributed by atoms with van der Waals surface area (Å²) in [6, 6.07) is 6.56. The summed E-state index contributed by atoms with van der Waals surface area (Å²) in [6.45, 7) is 8.32. The molecule has 3 N–H and O–H groups in total. The van der Waals surface area contributed by atoms with E-state index in [0.29, 0.717) is 19.2 Å². The number of aliphatic imine (C=N–C) groups is 1. The van der Waals surface area contributed by atoms with Gasteiger partial charge in [-0.1, -0.05) is 6.07 Å². The van der Waals surface area contributed by atoms with Gasteiger partial charge in [0.15, 0.2) is 5.96 Å². The molecule has 0 spiro atoms. The van der Waals surface area contributed by atoms with Gasteiger partial charge in [0, 0.05) is 38.0 Å². The SMILES string of the molecule is CCNC(=NCC(O)COCC1CC1)NC1CCN(c2cccc(C)n2)CC1.I. The number of aryl methyl sites for hydroxylation is 1. The first-order valence-corrected chi connectivity index (χ1v) is 10.6. The number of pyridine rings is 1. The Kier molecular flexibility index (Phi) is 10.4. The molecule has 3 rings (SSSR count). The Bertz CT molecular complexity index is 633. The second-order valence-electron chi connectivity index (χ2n) is 7.90. The first-order chi connectivity index (χ1) is 13.6. The molecule has 1 saturated carbocycles. The molecule has 0 bridgehead atoms. The van der Waals surface area contributed by atoms with E-state index in [2.05, 4.69) is 44.6 Å². The Morgan fingerprint density at radius 3 is 2.72 bits per heavy atom. The van der Waals surface area contributed by atoms with Gasteiger partial charge in [-0.25, -0.2) is 4.98 Å². The fourth-order valence-corrected chi connectivity index (χ4v) is 3.38. The largest absolute Gasteiger partial charge is 0.389 e. The van der Waals surface area contributed by atoms with Crippen LogP contribution in [0.15, 0.2) is 23.2 Å². The number of hydrogen-bond acceptors (Lipinski definition) is 5. The number of rotatable bonds is 9. The maximum absolute atomic E-state index is 10.1. The average Bonchev–Trinajstić information content (AvgIpc) is 3.51. The van der Waals surface area contributed by atoms with Crippen molar-refractivity contribution in [3.8, 4) is 0 Å². The predicted octanol–water partition coefficient (Wildman–Crippen LogP) is 2.32. The zero-order valence-electron chi connectivity index (χ0n) is 17.6. The van der Waals surface area contributed by atoms with Gasteiger partial charge in [0.1, 0.15) is 5.82 Å². The van der Waals surface area contributed by atoms with Crippen LogP contribution in [0.2, 0.25) is 0 Å². The second kappa shape index (κ2) is 12.5. The standard InChI is InChI=1S/C21H35N5O2.HI/c1-3-22-21(23-13-19(27)15-28-14-17-7-8-17)25-18-9-11-26(12-10-18)20-6-4-5-16(2)24-20;/h4-6,17-19,27H,3,7-15H2,1-2H3,(H2,22,23,25);1H. The van der Waals surface area contributed by atoms with Crippen molar-refractivity contribution in [2.24, 2.45) is 10.9 Å². The van der Waals surface area contributed by atoms with Crippen molar-refractivity contribution in [2.75, 3.05) is 44.3 Å². The van der Waals surface area contributed by atoms with Crippen LogP contribution in [0.5, 0.6) is 0 Å². The minimum Gasteiger partial charge on any atom is -0.389 e. The van der Waals surface area contributed by atoms with Crippen molar-refractivity contribution in [3.05, 3.63) is 23.9 Å². The summed E-state index contributed by atoms with van der Waals surface area (Å²) in [4.78, 5) is 11.5. The Labute approximate surface area is 191 Å². The van der Waals surface area contributed by atoms with Crippen molar-refractivity contribution in [2.45, 2.75) is 51.7 Å². The first-order valence-electron chi connectivity index (χ1n) is 10.6. The highest BCUT2D eigenvalue weighted by Gasteiger charge is 2.22. The molecular formula is C21H36IN5O2. The summed E-state index contributed by atoms with van der Waals surface area (Å²) < 4.78 is 5.55. The molecule has 1 atom stereocenters. The molecule has 2 fully saturated rings. The molecule has 2 heterocycles. The van der Waals surface area contributed by atoms with E-state index in [-0.39, 0.29) is 24.0 Å². The van der Waals surface area contributed by atoms with E-state index in [9.17, 15) is 5.11 Å². The molecule has 8 heteroatoms. The topological polar surface area (TPSA) is 82.0 Å². The summed E-state index contributed by atoms with van der Waals surface area (Å²) in [5.41, 5.74) is 1.05. The van der Waals surface area contributed by atoms with Gasteiger partial charge in [-0.05, 0) is 57.6 Å². The summed E-state index contributed by atoms with van der Waals surface area (Å²) in [5, 5.41) is 16.9. The van der Waals surface area contributed by atoms with Crippen LogP contribution in [0.25, 0.3) is 0 Å². The molecule has 1 aromatic heterocycles. The van der Waals surface area contributed by atoms with E-state index in [1.54, 1.807) is 0 Å². The summed E-state index contributed by atoms with van der Waals surface area (Å²) >= 11 is 0. The first kappa shape index (κ1) is 24.1. The number of piperidine rings is 1. The van der Waals surface area contributed by atoms with Crippen LogP contribution < -0.4 is 15.5 Å². The highest BCUT2D eigenvalue weighted by Crippen LogP contribution is 2.28. The number of anilines is 1. The quantitative estimate of drug-likeness (QED) is 0.265. The van der Waals surface area contributed by atoms with Gasteiger partial charge >= 0.3 is 0 Å². The van der Waals surface area contributed by atoms with Gasteiger partial charge in [0.05, 0.1) is 19.3 Å². The van der Waals surface area contributed by atoms with E-state index in [1.165, 1.54) is 12.8 Å². The lowest BCUT2D eigenvalue weighted by Gasteiger charge is -2.34. The fourth-order valence-electron chi connectivity index (χ4n) is 3.38. The molecule has 0 amide bonds. The van der Waals surface area contributed by atoms with E-state index in [1.807, 2.05) is 13.0 Å². The van der Waals surface area contributed by atoms with Crippen molar-refractivity contribution >= 4 is 35.8 Å². The number of halogens is 1. The van der Waals surface area contributed by atoms with Gasteiger partial charge in [-0.2, -0.15) is 0 Å². The van der Waals surface area contributed by atoms with Crippen LogP contribution in [-0.2, 0) is 4.74 Å². The molecule has 1 unspecified atom stereocenters. The van der Waals surface area contributed by atoms with Gasteiger partial charge in [-0.3, -0.25) is 4.99 Å². The Morgan fingerprint density at radius 1 is 1.31 bits per heavy atom. The molecule has 1 saturated heterocycles. The maximum atomic E-state index is 10.1. The van der Waals surface area contributed by atoms with Crippen molar-refractivity contribution in [1.29, 1.82) is 0 Å². The van der Waals surface area contributed by atoms with E-state index in [0.717, 1.165) is 62.5 Å². The van der Waals surface area contributed by atoms with Gasteiger partial charge < -0.3 is 25.4 Å². The highest BCUT2D eigenvalue weighted by molar-refractivity contribution is 14.0. The van der Waals surface area contributed by atoms with Gasteiger partial charge in [-0.15, -0.1) is 24.0 Å². The predicted molar refractivity (Wildman–Crippen MR) is 128 cm³/mol. The third-order valence-corrected chi connectivity index (χ3v) is 5.20. The van der Waals surface area contributed by atoms with E-state index < -0.39 is 6.10 Å². The van der Waals surface area contributed by atoms with E-state index >= 15 is 0 Å². The minimum absolute atomic E-state index is 0.